The highest BCUT2D eigenvalue weighted by atomic mass is 35.5. The third-order valence-corrected chi connectivity index (χ3v) is 3.05. The van der Waals surface area contributed by atoms with E-state index >= 15 is 0 Å². The molecule has 0 heterocycles. The van der Waals surface area contributed by atoms with Gasteiger partial charge in [-0.05, 0) is 64.8 Å². The molecule has 0 atom stereocenters. The number of nitrogens with one attached hydrogen (secondary N) is 1. The minimum Gasteiger partial charge on any atom is -0.312 e. The third-order valence-electron chi connectivity index (χ3n) is 2.76. The molecule has 3 heteroatoms. The molecule has 0 spiro atoms. The Morgan fingerprint density at radius 1 is 1.37 bits per heavy atom. The zero-order chi connectivity index (χ0) is 14.5. The van der Waals surface area contributed by atoms with Crippen molar-refractivity contribution in [2.24, 2.45) is 0 Å². The maximum Gasteiger partial charge on any atom is 0.141 e. The second-order valence-electron chi connectivity index (χ2n) is 5.94. The Hall–Kier alpha value is -0.860. The summed E-state index contributed by atoms with van der Waals surface area (Å²) in [6.07, 6.45) is 4.03. The summed E-state index contributed by atoms with van der Waals surface area (Å²) in [5, 5.41) is 3.64. The summed E-state index contributed by atoms with van der Waals surface area (Å²) in [6, 6.07) is 4.90. The van der Waals surface area contributed by atoms with E-state index in [1.807, 2.05) is 0 Å². The smallest absolute Gasteiger partial charge is 0.141 e. The van der Waals surface area contributed by atoms with Crippen molar-refractivity contribution in [1.29, 1.82) is 0 Å². The van der Waals surface area contributed by atoms with Crippen LogP contribution in [0.15, 0.2) is 29.8 Å². The molecule has 0 fully saturated rings. The van der Waals surface area contributed by atoms with Gasteiger partial charge in [0.1, 0.15) is 5.82 Å². The molecule has 19 heavy (non-hydrogen) atoms. The monoisotopic (exact) mass is 283 g/mol. The summed E-state index contributed by atoms with van der Waals surface area (Å²) in [4.78, 5) is 0. The fourth-order valence-corrected chi connectivity index (χ4v) is 2.01. The van der Waals surface area contributed by atoms with E-state index in [0.29, 0.717) is 0 Å². The summed E-state index contributed by atoms with van der Waals surface area (Å²) < 4.78 is 13.0. The lowest BCUT2D eigenvalue weighted by Gasteiger charge is -2.19. The standard InChI is InChI=1S/C16H23ClFN/c1-12(6-5-9-19-16(2,3)4)10-13-7-8-15(18)14(17)11-13/h6-8,11,19H,5,9-10H2,1-4H3/b12-6-. The molecule has 1 aromatic carbocycles. The summed E-state index contributed by atoms with van der Waals surface area (Å²) in [5.74, 6) is -0.360. The molecule has 0 aromatic heterocycles. The van der Waals surface area contributed by atoms with Crippen molar-refractivity contribution >= 4 is 11.6 Å². The van der Waals surface area contributed by atoms with Crippen molar-refractivity contribution in [2.45, 2.75) is 46.1 Å². The Bertz CT molecular complexity index is 447. The Kier molecular flexibility index (Phi) is 6.02. The van der Waals surface area contributed by atoms with Gasteiger partial charge in [-0.25, -0.2) is 4.39 Å². The minimum atomic E-state index is -0.360. The Morgan fingerprint density at radius 2 is 2.05 bits per heavy atom. The number of allylic oxidation sites excluding steroid dienone is 1. The van der Waals surface area contributed by atoms with Gasteiger partial charge in [-0.3, -0.25) is 0 Å². The zero-order valence-corrected chi connectivity index (χ0v) is 12.9. The van der Waals surface area contributed by atoms with Crippen LogP contribution in [0.1, 0.15) is 39.7 Å². The van der Waals surface area contributed by atoms with Crippen LogP contribution in [0, 0.1) is 5.82 Å². The van der Waals surface area contributed by atoms with Gasteiger partial charge in [0.15, 0.2) is 0 Å². The number of rotatable bonds is 5. The van der Waals surface area contributed by atoms with Crippen LogP contribution in [0.3, 0.4) is 0 Å². The predicted octanol–water partition coefficient (Wildman–Crippen LogP) is 4.75. The van der Waals surface area contributed by atoms with Gasteiger partial charge in [-0.2, -0.15) is 0 Å². The van der Waals surface area contributed by atoms with E-state index in [1.165, 1.54) is 11.6 Å². The molecule has 1 nitrogen and oxygen atoms in total. The summed E-state index contributed by atoms with van der Waals surface area (Å²) in [7, 11) is 0. The Morgan fingerprint density at radius 3 is 2.63 bits per heavy atom. The van der Waals surface area contributed by atoms with Gasteiger partial charge in [-0.15, -0.1) is 0 Å². The highest BCUT2D eigenvalue weighted by molar-refractivity contribution is 6.30. The van der Waals surface area contributed by atoms with Gasteiger partial charge >= 0.3 is 0 Å². The summed E-state index contributed by atoms with van der Waals surface area (Å²) >= 11 is 5.77. The van der Waals surface area contributed by atoms with Crippen LogP contribution in [0.4, 0.5) is 4.39 Å². The molecule has 0 amide bonds. The topological polar surface area (TPSA) is 12.0 Å². The molecule has 0 aliphatic carbocycles. The van der Waals surface area contributed by atoms with Crippen LogP contribution in [0.2, 0.25) is 5.02 Å². The second kappa shape index (κ2) is 7.06. The van der Waals surface area contributed by atoms with Crippen molar-refractivity contribution < 1.29 is 4.39 Å². The minimum absolute atomic E-state index is 0.159. The fourth-order valence-electron chi connectivity index (χ4n) is 1.81. The molecule has 0 aliphatic heterocycles. The lowest BCUT2D eigenvalue weighted by Crippen LogP contribution is -2.36. The number of hydrogen-bond acceptors (Lipinski definition) is 1. The molecule has 1 N–H and O–H groups in total. The maximum atomic E-state index is 13.0. The average molecular weight is 284 g/mol. The number of halogens is 2. The van der Waals surface area contributed by atoms with Gasteiger partial charge in [0.2, 0.25) is 0 Å². The van der Waals surface area contributed by atoms with E-state index < -0.39 is 0 Å². The quantitative estimate of drug-likeness (QED) is 0.608. The van der Waals surface area contributed by atoms with Gasteiger partial charge in [0.25, 0.3) is 0 Å². The molecule has 1 rings (SSSR count). The first-order valence-electron chi connectivity index (χ1n) is 6.62. The van der Waals surface area contributed by atoms with Crippen molar-refractivity contribution in [1.82, 2.24) is 5.32 Å². The predicted molar refractivity (Wildman–Crippen MR) is 81.2 cm³/mol. The molecular formula is C16H23ClFN. The largest absolute Gasteiger partial charge is 0.312 e. The van der Waals surface area contributed by atoms with Crippen LogP contribution < -0.4 is 5.32 Å². The van der Waals surface area contributed by atoms with E-state index in [9.17, 15) is 4.39 Å². The highest BCUT2D eigenvalue weighted by Crippen LogP contribution is 2.18. The molecule has 0 bridgehead atoms. The van der Waals surface area contributed by atoms with E-state index in [1.54, 1.807) is 12.1 Å². The average Bonchev–Trinajstić information content (AvgIpc) is 2.28. The van der Waals surface area contributed by atoms with E-state index in [-0.39, 0.29) is 16.4 Å². The van der Waals surface area contributed by atoms with E-state index in [4.69, 9.17) is 11.6 Å². The summed E-state index contributed by atoms with van der Waals surface area (Å²) in [6.45, 7) is 9.53. The van der Waals surface area contributed by atoms with Crippen LogP contribution >= 0.6 is 11.6 Å². The molecule has 0 aliphatic rings. The first kappa shape index (κ1) is 16.2. The van der Waals surface area contributed by atoms with Crippen LogP contribution in [-0.2, 0) is 6.42 Å². The molecule has 0 unspecified atom stereocenters. The van der Waals surface area contributed by atoms with Gasteiger partial charge in [0.05, 0.1) is 5.02 Å². The van der Waals surface area contributed by atoms with Crippen molar-refractivity contribution in [3.8, 4) is 0 Å². The van der Waals surface area contributed by atoms with Gasteiger partial charge in [-0.1, -0.05) is 29.3 Å². The van der Waals surface area contributed by atoms with Gasteiger partial charge < -0.3 is 5.32 Å². The van der Waals surface area contributed by atoms with E-state index in [2.05, 4.69) is 39.1 Å². The SMILES string of the molecule is C/C(=C/CCNC(C)(C)C)Cc1ccc(F)c(Cl)c1. The highest BCUT2D eigenvalue weighted by Gasteiger charge is 2.06. The number of hydrogen-bond donors (Lipinski definition) is 1. The van der Waals surface area contributed by atoms with Crippen molar-refractivity contribution in [3.63, 3.8) is 0 Å². The Labute approximate surface area is 120 Å². The lowest BCUT2D eigenvalue weighted by molar-refractivity contribution is 0.431. The van der Waals surface area contributed by atoms with Crippen LogP contribution in [0.25, 0.3) is 0 Å². The fraction of sp³-hybridized carbons (Fsp3) is 0.500. The molecule has 0 saturated heterocycles. The second-order valence-corrected chi connectivity index (χ2v) is 6.35. The molecule has 1 aromatic rings. The summed E-state index contributed by atoms with van der Waals surface area (Å²) in [5.41, 5.74) is 2.48. The first-order chi connectivity index (χ1) is 8.78. The van der Waals surface area contributed by atoms with Crippen LogP contribution in [0.5, 0.6) is 0 Å². The third kappa shape index (κ3) is 6.74. The normalized spacial score (nSPS) is 12.8. The van der Waals surface area contributed by atoms with Gasteiger partial charge in [0, 0.05) is 5.54 Å². The van der Waals surface area contributed by atoms with Crippen molar-refractivity contribution in [2.75, 3.05) is 6.54 Å². The molecule has 0 radical (unpaired) electrons. The molecular weight excluding hydrogens is 261 g/mol. The maximum absolute atomic E-state index is 13.0. The first-order valence-corrected chi connectivity index (χ1v) is 7.00. The van der Waals surface area contributed by atoms with E-state index in [0.717, 1.165) is 24.9 Å². The van der Waals surface area contributed by atoms with Crippen molar-refractivity contribution in [3.05, 3.63) is 46.3 Å². The number of benzene rings is 1. The zero-order valence-electron chi connectivity index (χ0n) is 12.2. The molecule has 0 saturated carbocycles. The van der Waals surface area contributed by atoms with Crippen LogP contribution in [-0.4, -0.2) is 12.1 Å². The molecule has 106 valence electrons. The lowest BCUT2D eigenvalue weighted by atomic mass is 10.0. The Balaban J connectivity index is 2.45.